The molecule has 0 saturated carbocycles. The molecule has 2 unspecified atom stereocenters. The fourth-order valence-corrected chi connectivity index (χ4v) is 22.3. The highest BCUT2D eigenvalue weighted by atomic mass is 79.9. The number of fused-ring (bicyclic) bond motifs is 4. The second kappa shape index (κ2) is 31.5. The lowest BCUT2D eigenvalue weighted by Crippen LogP contribution is -2.43. The number of hydrogen-bond acceptors (Lipinski definition) is 16. The van der Waals surface area contributed by atoms with E-state index < -0.39 is 35.6 Å². The van der Waals surface area contributed by atoms with Crippen LogP contribution in [-0.4, -0.2) is 118 Å². The van der Waals surface area contributed by atoms with Gasteiger partial charge in [0.1, 0.15) is 36.9 Å². The van der Waals surface area contributed by atoms with Gasteiger partial charge >= 0.3 is 11.9 Å². The summed E-state index contributed by atoms with van der Waals surface area (Å²) in [6.45, 7) is 7.58. The number of nitrogens with zero attached hydrogens (tertiary/aromatic N) is 6. The number of hydrogen-bond donors (Lipinski definition) is 0. The molecular weight excluding hydrogens is 2030 g/mol. The van der Waals surface area contributed by atoms with Gasteiger partial charge in [0.05, 0.1) is 35.3 Å². The summed E-state index contributed by atoms with van der Waals surface area (Å²) < 4.78 is 28.2. The molecule has 8 amide bonds. The molecule has 590 valence electrons. The Morgan fingerprint density at radius 1 is 0.339 bits per heavy atom. The van der Waals surface area contributed by atoms with Crippen molar-refractivity contribution in [2.45, 2.75) is 79.1 Å². The van der Waals surface area contributed by atoms with Crippen LogP contribution >= 0.6 is 127 Å². The van der Waals surface area contributed by atoms with Gasteiger partial charge in [0.2, 0.25) is 0 Å². The van der Waals surface area contributed by atoms with Crippen molar-refractivity contribution in [3.63, 3.8) is 0 Å². The van der Waals surface area contributed by atoms with E-state index in [9.17, 15) is 58.5 Å². The molecule has 4 aliphatic heterocycles. The van der Waals surface area contributed by atoms with Crippen molar-refractivity contribution in [1.29, 1.82) is 10.5 Å². The van der Waals surface area contributed by atoms with Crippen molar-refractivity contribution in [2.24, 2.45) is 11.8 Å². The van der Waals surface area contributed by atoms with Gasteiger partial charge in [-0.15, -0.1) is 0 Å². The third kappa shape index (κ3) is 12.9. The molecule has 13 aromatic rings. The first-order chi connectivity index (χ1) is 56.7. The zero-order valence-electron chi connectivity index (χ0n) is 62.9. The molecule has 2 atom stereocenters. The zero-order valence-corrected chi connectivity index (χ0v) is 75.6. The molecule has 4 aliphatic rings. The second-order valence-corrected chi connectivity index (χ2v) is 36.5. The lowest BCUT2D eigenvalue weighted by atomic mass is 9.82. The number of carbonyl (C=O) groups excluding carboxylic acids is 10. The molecule has 0 radical (unpaired) electrons. The van der Waals surface area contributed by atoms with E-state index in [2.05, 4.69) is 155 Å². The number of esters is 2. The Labute approximate surface area is 740 Å². The molecule has 0 N–H and O–H groups in total. The maximum atomic E-state index is 14.7. The van der Waals surface area contributed by atoms with Gasteiger partial charge in [-0.3, -0.25) is 58.0 Å². The summed E-state index contributed by atoms with van der Waals surface area (Å²) in [4.78, 5) is 149. The van der Waals surface area contributed by atoms with E-state index in [0.29, 0.717) is 157 Å². The summed E-state index contributed by atoms with van der Waals surface area (Å²) in [7, 11) is 0. The van der Waals surface area contributed by atoms with E-state index in [-0.39, 0.29) is 129 Å². The molecule has 0 bridgehead atoms. The van der Waals surface area contributed by atoms with Crippen LogP contribution in [0.2, 0.25) is 0 Å². The molecule has 0 aliphatic carbocycles. The SMILES string of the molecule is CCCCC(CC)CN1C(=O)c2cc(Br)c3c4c(Br)cc5c6c(cc(Br)c(c7c(Br)cc(c2c37)C1=O)c64)C(=O)N(CCOC(=O)c1ccc(Oc2cc(C#N)c(C#N)cc2Oc2ccc(C(=O)OCCN3C(=O)c4cc(Br)c6c7c(Br)cc8c9c(cc(Br)c(c%10c(Br)cc(c4c6%10)C3=O)c97)C(=O)N(CC(CC)CCCC)C8=O)cc2)cc1)C5=O. The van der Waals surface area contributed by atoms with Crippen molar-refractivity contribution in [3.8, 4) is 35.1 Å². The normalized spacial score (nSPS) is 14.5. The van der Waals surface area contributed by atoms with E-state index in [1.54, 1.807) is 48.5 Å². The highest BCUT2D eigenvalue weighted by Crippen LogP contribution is 2.57. The Morgan fingerprint density at radius 2 is 0.576 bits per heavy atom. The van der Waals surface area contributed by atoms with E-state index in [1.165, 1.54) is 70.5 Å². The number of halogens is 8. The number of amides is 8. The van der Waals surface area contributed by atoms with Gasteiger partial charge in [-0.25, -0.2) is 9.59 Å². The summed E-state index contributed by atoms with van der Waals surface area (Å²) in [5.41, 5.74) is 2.50. The Morgan fingerprint density at radius 3 is 0.797 bits per heavy atom. The molecule has 0 spiro atoms. The van der Waals surface area contributed by atoms with Crippen LogP contribution in [0, 0.1) is 34.5 Å². The van der Waals surface area contributed by atoms with Crippen LogP contribution in [0.5, 0.6) is 23.0 Å². The van der Waals surface area contributed by atoms with Crippen LogP contribution in [0.3, 0.4) is 0 Å². The van der Waals surface area contributed by atoms with Crippen molar-refractivity contribution in [1.82, 2.24) is 19.6 Å². The Balaban J connectivity index is 0.556. The lowest BCUT2D eigenvalue weighted by molar-refractivity contribution is 0.0405. The number of unbranched alkanes of at least 4 members (excludes halogenated alkanes) is 2. The first kappa shape index (κ1) is 80.8. The van der Waals surface area contributed by atoms with Gasteiger partial charge in [-0.1, -0.05) is 194 Å². The number of rotatable bonds is 24. The van der Waals surface area contributed by atoms with Crippen LogP contribution in [0.4, 0.5) is 0 Å². The first-order valence-corrected chi connectivity index (χ1v) is 44.4. The number of nitriles is 2. The molecule has 13 aromatic carbocycles. The predicted octanol–water partition coefficient (Wildman–Crippen LogP) is 23.7. The molecule has 0 saturated heterocycles. The van der Waals surface area contributed by atoms with E-state index in [1.807, 2.05) is 12.1 Å². The molecular formula is C90H60Br8N6O14. The average Bonchev–Trinajstić information content (AvgIpc) is 0.680. The van der Waals surface area contributed by atoms with Gasteiger partial charge in [0.15, 0.2) is 11.5 Å². The van der Waals surface area contributed by atoms with Crippen LogP contribution in [-0.2, 0) is 9.47 Å². The predicted molar refractivity (Wildman–Crippen MR) is 474 cm³/mol. The van der Waals surface area contributed by atoms with Gasteiger partial charge < -0.3 is 18.9 Å². The maximum Gasteiger partial charge on any atom is 0.338 e. The third-order valence-electron chi connectivity index (χ3n) is 23.1. The molecule has 4 heterocycles. The van der Waals surface area contributed by atoms with Gasteiger partial charge in [0.25, 0.3) is 47.3 Å². The third-order valence-corrected chi connectivity index (χ3v) is 28.1. The smallest absolute Gasteiger partial charge is 0.338 e. The molecule has 0 aromatic heterocycles. The molecule has 28 heteroatoms. The van der Waals surface area contributed by atoms with Crippen molar-refractivity contribution < 1.29 is 66.9 Å². The van der Waals surface area contributed by atoms with Crippen LogP contribution in [0.25, 0.3) is 86.2 Å². The number of ether oxygens (including phenoxy) is 4. The zero-order chi connectivity index (χ0) is 83.2. The minimum Gasteiger partial charge on any atom is -0.460 e. The second-order valence-electron chi connectivity index (χ2n) is 29.6. The fraction of sp³-hybridized carbons (Fsp3) is 0.222. The highest BCUT2D eigenvalue weighted by Gasteiger charge is 2.44. The van der Waals surface area contributed by atoms with Crippen LogP contribution in [0.1, 0.15) is 194 Å². The van der Waals surface area contributed by atoms with Gasteiger partial charge in [0, 0.05) is 192 Å². The summed E-state index contributed by atoms with van der Waals surface area (Å²) >= 11 is 30.6. The minimum atomic E-state index is -0.788. The topological polar surface area (TPSA) is 268 Å². The van der Waals surface area contributed by atoms with Gasteiger partial charge in [-0.2, -0.15) is 10.5 Å². The van der Waals surface area contributed by atoms with E-state index in [4.69, 9.17) is 18.9 Å². The first-order valence-electron chi connectivity index (χ1n) is 38.1. The Bertz CT molecular complexity index is 6190. The quantitative estimate of drug-likeness (QED) is 0.0235. The number of imide groups is 4. The molecule has 20 nitrogen and oxygen atoms in total. The van der Waals surface area contributed by atoms with Gasteiger partial charge in [-0.05, 0) is 122 Å². The standard InChI is InChI=1S/C90H60Br8N6O14/c1-5-9-11-39(7-3)37-103-85(109)51-31-59(95)73-69-55(91)27-47-65-48(28-56(92)70(77(65)69)74-60(96)32-52(86(103)110)67(51)79(73)74)82(106)101(81(47)105)21-23-115-89(113)41-13-17-45(18-14-41)117-63-25-43(35-99)44(36-100)26-64(63)118-46-19-15-42(16-20-46)90(114)116-24-22-102-83(107)49-29-57(93)71-75-61(97)33-53-68-54(88(112)104(87(53)111)38-40(8-4)12-10-6-2)34-62(98)76(80(68)75)72-58(94)30-50(84(102)108)66(49)78(71)72/h13-20,25-34,39-40H,5-12,21-24,37-38H2,1-4H3. The number of benzene rings is 13. The largest absolute Gasteiger partial charge is 0.460 e. The van der Waals surface area contributed by atoms with Crippen molar-refractivity contribution >= 4 is 273 Å². The summed E-state index contributed by atoms with van der Waals surface area (Å²) in [5, 5.41) is 29.8. The van der Waals surface area contributed by atoms with Crippen molar-refractivity contribution in [3.05, 3.63) is 212 Å². The van der Waals surface area contributed by atoms with E-state index >= 15 is 0 Å². The average molecular weight is 2090 g/mol. The lowest BCUT2D eigenvalue weighted by Gasteiger charge is -2.32. The Kier molecular flexibility index (Phi) is 21.6. The monoisotopic (exact) mass is 2080 g/mol. The Hall–Kier alpha value is -9.62. The summed E-state index contributed by atoms with van der Waals surface area (Å²) in [6, 6.07) is 31.8. The summed E-state index contributed by atoms with van der Waals surface area (Å²) in [5.74, 6) is -4.96. The maximum absolute atomic E-state index is 14.7. The van der Waals surface area contributed by atoms with Crippen LogP contribution < -0.4 is 9.47 Å². The minimum absolute atomic E-state index is 0.00357. The fourth-order valence-electron chi connectivity index (χ4n) is 17.3. The molecule has 118 heavy (non-hydrogen) atoms. The molecule has 17 rings (SSSR count). The highest BCUT2D eigenvalue weighted by molar-refractivity contribution is 9.12. The van der Waals surface area contributed by atoms with Crippen LogP contribution in [0.15, 0.2) is 145 Å². The van der Waals surface area contributed by atoms with Crippen molar-refractivity contribution in [2.75, 3.05) is 39.4 Å². The summed E-state index contributed by atoms with van der Waals surface area (Å²) in [6.07, 6.45) is 7.37. The van der Waals surface area contributed by atoms with E-state index in [0.717, 1.165) is 61.2 Å². The molecule has 0 fully saturated rings. The number of carbonyl (C=O) groups is 10.